The summed E-state index contributed by atoms with van der Waals surface area (Å²) in [5, 5.41) is 13.0. The van der Waals surface area contributed by atoms with Crippen LogP contribution >= 0.6 is 0 Å². The fourth-order valence-electron chi connectivity index (χ4n) is 7.63. The summed E-state index contributed by atoms with van der Waals surface area (Å²) in [5.74, 6) is 2.55. The van der Waals surface area contributed by atoms with E-state index in [4.69, 9.17) is 0 Å². The molecule has 0 amide bonds. The predicted molar refractivity (Wildman–Crippen MR) is 101 cm³/mol. The van der Waals surface area contributed by atoms with Gasteiger partial charge in [0.1, 0.15) is 6.04 Å². The van der Waals surface area contributed by atoms with Gasteiger partial charge in [0.05, 0.1) is 0 Å². The largest absolute Gasteiger partial charge is 0.480 e. The Morgan fingerprint density at radius 1 is 1.08 bits per heavy atom. The fourth-order valence-corrected chi connectivity index (χ4v) is 7.63. The Bertz CT molecular complexity index is 775. The van der Waals surface area contributed by atoms with Crippen molar-refractivity contribution in [3.8, 4) is 0 Å². The minimum atomic E-state index is -0.723. The first-order valence-corrected chi connectivity index (χ1v) is 10.4. The van der Waals surface area contributed by atoms with Crippen molar-refractivity contribution in [2.75, 3.05) is 5.32 Å². The average Bonchev–Trinajstić information content (AvgIpc) is 3.09. The molecule has 7 rings (SSSR count). The van der Waals surface area contributed by atoms with Gasteiger partial charge in [0, 0.05) is 17.5 Å². The van der Waals surface area contributed by atoms with Gasteiger partial charge in [0.15, 0.2) is 0 Å². The topological polar surface area (TPSA) is 49.3 Å². The highest BCUT2D eigenvalue weighted by Crippen LogP contribution is 2.61. The number of carboxylic acid groups (broad SMARTS) is 1. The molecule has 136 valence electrons. The second-order valence-electron chi connectivity index (χ2n) is 9.81. The number of carbonyl (C=O) groups is 1. The molecule has 0 saturated heterocycles. The van der Waals surface area contributed by atoms with E-state index in [0.717, 1.165) is 29.9 Å². The number of aliphatic carboxylic acids is 1. The highest BCUT2D eigenvalue weighted by molar-refractivity contribution is 5.80. The molecule has 3 nitrogen and oxygen atoms in total. The number of hydrogen-bond acceptors (Lipinski definition) is 2. The third-order valence-corrected chi connectivity index (χ3v) is 8.28. The van der Waals surface area contributed by atoms with E-state index in [9.17, 15) is 9.90 Å². The minimum absolute atomic E-state index is 0.159. The number of nitrogens with one attached hydrogen (secondary N) is 1. The molecular formula is C23H27NO2. The molecule has 1 aliphatic heterocycles. The molecule has 26 heavy (non-hydrogen) atoms. The van der Waals surface area contributed by atoms with Gasteiger partial charge >= 0.3 is 5.97 Å². The quantitative estimate of drug-likeness (QED) is 0.761. The summed E-state index contributed by atoms with van der Waals surface area (Å²) in [6.45, 7) is 0. The Morgan fingerprint density at radius 2 is 1.77 bits per heavy atom. The van der Waals surface area contributed by atoms with E-state index in [1.165, 1.54) is 44.1 Å². The third kappa shape index (κ3) is 2.03. The SMILES string of the molecule is O=C(O)[C@@H]1Nc2ccc(C34CC5CC(CC(C5)C3)C4)cc2[C@@H]2C=CC[C@H]12. The van der Waals surface area contributed by atoms with Gasteiger partial charge in [0.2, 0.25) is 0 Å². The number of hydrogen-bond donors (Lipinski definition) is 2. The zero-order chi connectivity index (χ0) is 17.5. The molecule has 1 aromatic rings. The lowest BCUT2D eigenvalue weighted by molar-refractivity contribution is -0.139. The molecule has 0 aromatic heterocycles. The summed E-state index contributed by atoms with van der Waals surface area (Å²) in [6.07, 6.45) is 13.9. The first-order valence-electron chi connectivity index (χ1n) is 10.4. The summed E-state index contributed by atoms with van der Waals surface area (Å²) in [7, 11) is 0. The van der Waals surface area contributed by atoms with Gasteiger partial charge in [-0.05, 0) is 85.3 Å². The van der Waals surface area contributed by atoms with Crippen LogP contribution in [-0.2, 0) is 10.2 Å². The van der Waals surface area contributed by atoms with Crippen LogP contribution in [0.15, 0.2) is 30.4 Å². The molecule has 3 atom stereocenters. The van der Waals surface area contributed by atoms with Crippen LogP contribution in [0.1, 0.15) is 62.0 Å². The predicted octanol–water partition coefficient (Wildman–Crippen LogP) is 4.69. The van der Waals surface area contributed by atoms with E-state index in [1.54, 1.807) is 5.56 Å². The molecule has 0 radical (unpaired) electrons. The molecule has 0 unspecified atom stereocenters. The summed E-state index contributed by atoms with van der Waals surface area (Å²) >= 11 is 0. The molecule has 4 saturated carbocycles. The van der Waals surface area contributed by atoms with Crippen molar-refractivity contribution in [1.82, 2.24) is 0 Å². The van der Waals surface area contributed by atoms with Crippen LogP contribution in [-0.4, -0.2) is 17.1 Å². The van der Waals surface area contributed by atoms with Gasteiger partial charge in [0.25, 0.3) is 0 Å². The van der Waals surface area contributed by atoms with Gasteiger partial charge in [-0.2, -0.15) is 0 Å². The first-order chi connectivity index (χ1) is 12.6. The molecular weight excluding hydrogens is 322 g/mol. The van der Waals surface area contributed by atoms with Gasteiger partial charge < -0.3 is 10.4 Å². The Morgan fingerprint density at radius 3 is 2.42 bits per heavy atom. The number of carboxylic acids is 1. The van der Waals surface area contributed by atoms with E-state index >= 15 is 0 Å². The minimum Gasteiger partial charge on any atom is -0.480 e. The molecule has 6 aliphatic rings. The zero-order valence-corrected chi connectivity index (χ0v) is 15.2. The molecule has 0 spiro atoms. The Balaban J connectivity index is 1.41. The zero-order valence-electron chi connectivity index (χ0n) is 15.2. The van der Waals surface area contributed by atoms with E-state index in [-0.39, 0.29) is 11.8 Å². The van der Waals surface area contributed by atoms with Crippen LogP contribution in [0.3, 0.4) is 0 Å². The number of anilines is 1. The van der Waals surface area contributed by atoms with Crippen LogP contribution in [0.5, 0.6) is 0 Å². The normalized spacial score (nSPS) is 44.5. The maximum absolute atomic E-state index is 11.7. The van der Waals surface area contributed by atoms with Gasteiger partial charge in [-0.1, -0.05) is 24.3 Å². The van der Waals surface area contributed by atoms with Crippen LogP contribution in [0.2, 0.25) is 0 Å². The summed E-state index contributed by atoms with van der Waals surface area (Å²) in [5.41, 5.74) is 4.34. The lowest BCUT2D eigenvalue weighted by Gasteiger charge is -2.57. The van der Waals surface area contributed by atoms with Crippen molar-refractivity contribution in [2.24, 2.45) is 23.7 Å². The van der Waals surface area contributed by atoms with Gasteiger partial charge in [-0.15, -0.1) is 0 Å². The van der Waals surface area contributed by atoms with Crippen molar-refractivity contribution in [3.05, 3.63) is 41.5 Å². The van der Waals surface area contributed by atoms with E-state index < -0.39 is 12.0 Å². The monoisotopic (exact) mass is 349 g/mol. The summed E-state index contributed by atoms with van der Waals surface area (Å²) in [6, 6.07) is 6.49. The first kappa shape index (κ1) is 15.3. The lowest BCUT2D eigenvalue weighted by atomic mass is 9.48. The molecule has 4 bridgehead atoms. The number of allylic oxidation sites excluding steroid dienone is 2. The highest BCUT2D eigenvalue weighted by Gasteiger charge is 2.52. The van der Waals surface area contributed by atoms with Crippen LogP contribution in [0, 0.1) is 23.7 Å². The average molecular weight is 349 g/mol. The molecule has 3 heteroatoms. The lowest BCUT2D eigenvalue weighted by Crippen LogP contribution is -2.48. The van der Waals surface area contributed by atoms with Crippen LogP contribution in [0.4, 0.5) is 5.69 Å². The summed E-state index contributed by atoms with van der Waals surface area (Å²) in [4.78, 5) is 11.7. The summed E-state index contributed by atoms with van der Waals surface area (Å²) < 4.78 is 0. The maximum atomic E-state index is 11.7. The van der Waals surface area contributed by atoms with E-state index in [1.807, 2.05) is 0 Å². The van der Waals surface area contributed by atoms with E-state index in [2.05, 4.69) is 35.7 Å². The molecule has 4 fully saturated rings. The molecule has 1 aromatic carbocycles. The van der Waals surface area contributed by atoms with Crippen molar-refractivity contribution < 1.29 is 9.90 Å². The number of benzene rings is 1. The Kier molecular flexibility index (Phi) is 3.03. The van der Waals surface area contributed by atoms with Crippen molar-refractivity contribution in [1.29, 1.82) is 0 Å². The van der Waals surface area contributed by atoms with Crippen molar-refractivity contribution in [3.63, 3.8) is 0 Å². The molecule has 5 aliphatic carbocycles. The molecule has 2 N–H and O–H groups in total. The third-order valence-electron chi connectivity index (χ3n) is 8.28. The fraction of sp³-hybridized carbons (Fsp3) is 0.609. The smallest absolute Gasteiger partial charge is 0.326 e. The van der Waals surface area contributed by atoms with Crippen molar-refractivity contribution >= 4 is 11.7 Å². The number of fused-ring (bicyclic) bond motifs is 3. The standard InChI is InChI=1S/C23H27NO2/c25-22(26)21-18-3-1-2-17(18)19-9-16(4-5-20(19)24-21)23-10-13-6-14(11-23)8-15(7-13)12-23/h1-2,4-5,9,13-15,17-18,21,24H,3,6-8,10-12H2,(H,25,26)/t13?,14?,15?,17-,18+,21-,23?/m1/s1. The van der Waals surface area contributed by atoms with Gasteiger partial charge in [-0.3, -0.25) is 0 Å². The Labute approximate surface area is 154 Å². The second-order valence-corrected chi connectivity index (χ2v) is 9.81. The number of rotatable bonds is 2. The highest BCUT2D eigenvalue weighted by atomic mass is 16.4. The van der Waals surface area contributed by atoms with Crippen LogP contribution < -0.4 is 5.32 Å². The van der Waals surface area contributed by atoms with E-state index in [0.29, 0.717) is 5.41 Å². The Hall–Kier alpha value is -1.77. The van der Waals surface area contributed by atoms with Crippen LogP contribution in [0.25, 0.3) is 0 Å². The second kappa shape index (κ2) is 5.15. The maximum Gasteiger partial charge on any atom is 0.326 e. The van der Waals surface area contributed by atoms with Crippen molar-refractivity contribution in [2.45, 2.75) is 62.3 Å². The molecule has 1 heterocycles. The van der Waals surface area contributed by atoms with Gasteiger partial charge in [-0.25, -0.2) is 4.79 Å².